The molecule has 6 amide bonds. The number of amides is 6. The molecule has 0 aromatic heterocycles. The first-order valence-electron chi connectivity index (χ1n) is 11.7. The van der Waals surface area contributed by atoms with Crippen LogP contribution in [-0.4, -0.2) is 82.8 Å². The van der Waals surface area contributed by atoms with Crippen molar-refractivity contribution in [2.24, 2.45) is 17.4 Å². The quantitative estimate of drug-likeness (QED) is 0.106. The van der Waals surface area contributed by atoms with E-state index in [9.17, 15) is 33.6 Å². The van der Waals surface area contributed by atoms with Crippen molar-refractivity contribution in [2.45, 2.75) is 90.6 Å². The molecule has 0 aliphatic rings. The second-order valence-electron chi connectivity index (χ2n) is 9.24. The van der Waals surface area contributed by atoms with Gasteiger partial charge in [-0.15, -0.1) is 0 Å². The minimum absolute atomic E-state index is 0.0927. The molecular weight excluding hydrogens is 490 g/mol. The summed E-state index contributed by atoms with van der Waals surface area (Å²) in [4.78, 5) is 84.5. The number of hydrogen-bond acceptors (Lipinski definition) is 8. The molecule has 10 N–H and O–H groups in total. The van der Waals surface area contributed by atoms with Crippen LogP contribution in [0.3, 0.4) is 0 Å². The Hall–Kier alpha value is -3.75. The van der Waals surface area contributed by atoms with Crippen LogP contribution in [0.5, 0.6) is 0 Å². The average molecular weight is 530 g/mol. The first-order chi connectivity index (χ1) is 17.0. The van der Waals surface area contributed by atoms with E-state index in [0.717, 1.165) is 0 Å². The van der Waals surface area contributed by atoms with Gasteiger partial charge in [0.1, 0.15) is 30.2 Å². The molecule has 0 bridgehead atoms. The minimum atomic E-state index is -1.48. The topological polar surface area (TPSA) is 252 Å². The van der Waals surface area contributed by atoms with Crippen molar-refractivity contribution in [2.75, 3.05) is 0 Å². The number of carboxylic acid groups (broad SMARTS) is 1. The van der Waals surface area contributed by atoms with Gasteiger partial charge in [-0.05, 0) is 40.0 Å². The number of carbonyl (C=O) groups is 7. The Morgan fingerprint density at radius 2 is 1.03 bits per heavy atom. The number of nitrogens with two attached hydrogens (primary N) is 2. The summed E-state index contributed by atoms with van der Waals surface area (Å²) in [5.74, 6) is -6.05. The summed E-state index contributed by atoms with van der Waals surface area (Å²) in [7, 11) is 0. The lowest BCUT2D eigenvalue weighted by Crippen LogP contribution is -2.58. The third-order valence-electron chi connectivity index (χ3n) is 5.03. The number of primary amides is 1. The van der Waals surface area contributed by atoms with Gasteiger partial charge in [0.25, 0.3) is 0 Å². The van der Waals surface area contributed by atoms with E-state index in [4.69, 9.17) is 16.6 Å². The minimum Gasteiger partial charge on any atom is -0.480 e. The van der Waals surface area contributed by atoms with E-state index in [1.54, 1.807) is 13.8 Å². The Morgan fingerprint density at radius 1 is 0.622 bits per heavy atom. The first-order valence-corrected chi connectivity index (χ1v) is 11.7. The van der Waals surface area contributed by atoms with Crippen LogP contribution in [0.1, 0.15) is 54.4 Å². The average Bonchev–Trinajstić information content (AvgIpc) is 2.76. The van der Waals surface area contributed by atoms with Crippen LogP contribution >= 0.6 is 0 Å². The summed E-state index contributed by atoms with van der Waals surface area (Å²) < 4.78 is 0. The maximum absolute atomic E-state index is 12.9. The highest BCUT2D eigenvalue weighted by Crippen LogP contribution is 2.07. The van der Waals surface area contributed by atoms with E-state index >= 15 is 0 Å². The molecule has 0 heterocycles. The van der Waals surface area contributed by atoms with Crippen LogP contribution in [0.25, 0.3) is 0 Å². The van der Waals surface area contributed by atoms with Gasteiger partial charge in [0.2, 0.25) is 35.4 Å². The summed E-state index contributed by atoms with van der Waals surface area (Å²) in [6, 6.07) is -6.86. The number of hydrogen-bond donors (Lipinski definition) is 8. The maximum atomic E-state index is 12.9. The van der Waals surface area contributed by atoms with Gasteiger partial charge in [0.05, 0.1) is 12.5 Å². The molecule has 0 fully saturated rings. The van der Waals surface area contributed by atoms with Crippen molar-refractivity contribution in [3.8, 4) is 0 Å². The number of aliphatic carboxylic acids is 1. The molecule has 37 heavy (non-hydrogen) atoms. The molecule has 0 saturated heterocycles. The lowest BCUT2D eigenvalue weighted by Gasteiger charge is -2.26. The Kier molecular flexibility index (Phi) is 13.8. The van der Waals surface area contributed by atoms with E-state index in [1.165, 1.54) is 27.7 Å². The van der Waals surface area contributed by atoms with Gasteiger partial charge in [-0.1, -0.05) is 13.8 Å². The van der Waals surface area contributed by atoms with Gasteiger partial charge in [0, 0.05) is 0 Å². The molecule has 0 aromatic carbocycles. The van der Waals surface area contributed by atoms with Gasteiger partial charge in [0.15, 0.2) is 0 Å². The van der Waals surface area contributed by atoms with E-state index in [-0.39, 0.29) is 12.3 Å². The zero-order valence-corrected chi connectivity index (χ0v) is 21.9. The van der Waals surface area contributed by atoms with Crippen LogP contribution in [-0.2, 0) is 33.6 Å². The predicted octanol–water partition coefficient (Wildman–Crippen LogP) is -3.18. The molecule has 0 saturated carbocycles. The number of carbonyl (C=O) groups excluding carboxylic acids is 6. The van der Waals surface area contributed by atoms with Crippen molar-refractivity contribution in [1.29, 1.82) is 0 Å². The van der Waals surface area contributed by atoms with Crippen molar-refractivity contribution >= 4 is 41.4 Å². The van der Waals surface area contributed by atoms with Crippen LogP contribution in [0.4, 0.5) is 0 Å². The van der Waals surface area contributed by atoms with Crippen LogP contribution in [0, 0.1) is 5.92 Å². The first kappa shape index (κ1) is 33.2. The second kappa shape index (κ2) is 15.4. The lowest BCUT2D eigenvalue weighted by atomic mass is 10.0. The molecule has 0 unspecified atom stereocenters. The van der Waals surface area contributed by atoms with Gasteiger partial charge < -0.3 is 43.2 Å². The molecule has 0 aromatic rings. The maximum Gasteiger partial charge on any atom is 0.325 e. The van der Waals surface area contributed by atoms with Gasteiger partial charge in [-0.25, -0.2) is 0 Å². The Balaban J connectivity index is 5.41. The normalized spacial score (nSPS) is 15.7. The Morgan fingerprint density at radius 3 is 1.46 bits per heavy atom. The fraction of sp³-hybridized carbons (Fsp3) is 0.682. The third kappa shape index (κ3) is 12.7. The highest BCUT2D eigenvalue weighted by atomic mass is 16.4. The predicted molar refractivity (Wildman–Crippen MR) is 131 cm³/mol. The zero-order chi connectivity index (χ0) is 29.0. The Bertz CT molecular complexity index is 877. The highest BCUT2D eigenvalue weighted by molar-refractivity contribution is 5.97. The molecule has 15 nitrogen and oxygen atoms in total. The number of rotatable bonds is 15. The summed E-state index contributed by atoms with van der Waals surface area (Å²) >= 11 is 0. The van der Waals surface area contributed by atoms with E-state index in [0.29, 0.717) is 0 Å². The van der Waals surface area contributed by atoms with Crippen molar-refractivity contribution in [1.82, 2.24) is 26.6 Å². The molecule has 0 rings (SSSR count). The van der Waals surface area contributed by atoms with Crippen molar-refractivity contribution < 1.29 is 38.7 Å². The standard InChI is InChI=1S/C22H39N7O8/c1-9(2)7-14(21(35)29-15(8-16(24)30)20(34)27-13(6)22(36)37)28-19(33)12(5)26-18(32)11(4)25-17(31)10(3)23/h9-15H,7-8,23H2,1-6H3,(H2,24,30)(H,25,31)(H,26,32)(H,27,34)(H,28,33)(H,29,35)(H,36,37)/t10-,11-,12-,13-,14-,15-/m0/s1. The van der Waals surface area contributed by atoms with Gasteiger partial charge in [-0.3, -0.25) is 33.6 Å². The number of nitrogens with one attached hydrogen (secondary N) is 5. The molecule has 210 valence electrons. The monoisotopic (exact) mass is 529 g/mol. The highest BCUT2D eigenvalue weighted by Gasteiger charge is 2.31. The SMILES string of the molecule is CC(C)C[C@H](NC(=O)[C@H](C)NC(=O)[C@H](C)NC(=O)[C@H](C)N)C(=O)N[C@@H](CC(N)=O)C(=O)N[C@@H](C)C(=O)O. The van der Waals surface area contributed by atoms with E-state index < -0.39 is 84.1 Å². The molecular formula is C22H39N7O8. The molecule has 0 aliphatic carbocycles. The largest absolute Gasteiger partial charge is 0.480 e. The molecule has 6 atom stereocenters. The van der Waals surface area contributed by atoms with Crippen LogP contribution in [0.2, 0.25) is 0 Å². The summed E-state index contributed by atoms with van der Waals surface area (Å²) in [5.41, 5.74) is 10.6. The fourth-order valence-corrected chi connectivity index (χ4v) is 2.87. The van der Waals surface area contributed by atoms with Crippen molar-refractivity contribution in [3.05, 3.63) is 0 Å². The summed E-state index contributed by atoms with van der Waals surface area (Å²) in [6.45, 7) is 8.98. The summed E-state index contributed by atoms with van der Waals surface area (Å²) in [6.07, 6.45) is -0.473. The van der Waals surface area contributed by atoms with Crippen LogP contribution < -0.4 is 38.1 Å². The van der Waals surface area contributed by atoms with Crippen molar-refractivity contribution in [3.63, 3.8) is 0 Å². The van der Waals surface area contributed by atoms with Gasteiger partial charge in [-0.2, -0.15) is 0 Å². The third-order valence-corrected chi connectivity index (χ3v) is 5.03. The van der Waals surface area contributed by atoms with E-state index in [2.05, 4.69) is 26.6 Å². The molecule has 0 radical (unpaired) electrons. The molecule has 15 heteroatoms. The molecule has 0 aliphatic heterocycles. The summed E-state index contributed by atoms with van der Waals surface area (Å²) in [5, 5.41) is 20.8. The fourth-order valence-electron chi connectivity index (χ4n) is 2.87. The molecule has 0 spiro atoms. The zero-order valence-electron chi connectivity index (χ0n) is 21.9. The van der Waals surface area contributed by atoms with E-state index in [1.807, 2.05) is 0 Å². The Labute approximate surface area is 215 Å². The van der Waals surface area contributed by atoms with Gasteiger partial charge >= 0.3 is 5.97 Å². The number of carboxylic acids is 1. The second-order valence-corrected chi connectivity index (χ2v) is 9.24. The smallest absolute Gasteiger partial charge is 0.325 e. The lowest BCUT2D eigenvalue weighted by molar-refractivity contribution is -0.142. The van der Waals surface area contributed by atoms with Crippen LogP contribution in [0.15, 0.2) is 0 Å².